The van der Waals surface area contributed by atoms with Crippen LogP contribution in [-0.2, 0) is 11.4 Å². The smallest absolute Gasteiger partial charge is 0.222 e. The summed E-state index contributed by atoms with van der Waals surface area (Å²) in [5, 5.41) is 9.04. The van der Waals surface area contributed by atoms with Gasteiger partial charge in [-0.2, -0.15) is 0 Å². The van der Waals surface area contributed by atoms with Crippen LogP contribution in [0.1, 0.15) is 18.4 Å². The largest absolute Gasteiger partial charge is 0.493 e. The van der Waals surface area contributed by atoms with E-state index in [1.54, 1.807) is 44.3 Å². The first-order valence-corrected chi connectivity index (χ1v) is 6.19. The minimum atomic E-state index is -0.0338. The van der Waals surface area contributed by atoms with Gasteiger partial charge >= 0.3 is 0 Å². The van der Waals surface area contributed by atoms with Crippen molar-refractivity contribution in [2.24, 2.45) is 0 Å². The van der Waals surface area contributed by atoms with Gasteiger partial charge in [-0.05, 0) is 24.1 Å². The number of aliphatic hydroxyl groups is 1. The number of carbonyl (C=O) groups excluding carboxylic acids is 1. The van der Waals surface area contributed by atoms with Crippen molar-refractivity contribution in [3.05, 3.63) is 23.8 Å². The normalized spacial score (nSPS) is 10.1. The van der Waals surface area contributed by atoms with E-state index in [1.165, 1.54) is 0 Å². The van der Waals surface area contributed by atoms with Crippen LogP contribution >= 0.6 is 0 Å². The van der Waals surface area contributed by atoms with Crippen molar-refractivity contribution in [2.45, 2.75) is 19.4 Å². The van der Waals surface area contributed by atoms with Gasteiger partial charge in [-0.25, -0.2) is 0 Å². The second-order valence-corrected chi connectivity index (χ2v) is 4.38. The average Bonchev–Trinajstić information content (AvgIpc) is 2.43. The lowest BCUT2D eigenvalue weighted by atomic mass is 10.2. The molecule has 1 N–H and O–H groups in total. The number of amides is 1. The zero-order valence-electron chi connectivity index (χ0n) is 11.7. The van der Waals surface area contributed by atoms with Crippen molar-refractivity contribution in [1.29, 1.82) is 0 Å². The van der Waals surface area contributed by atoms with E-state index < -0.39 is 0 Å². The van der Waals surface area contributed by atoms with Crippen molar-refractivity contribution in [1.82, 2.24) is 4.90 Å². The van der Waals surface area contributed by atoms with Crippen LogP contribution < -0.4 is 9.47 Å². The average molecular weight is 267 g/mol. The molecule has 19 heavy (non-hydrogen) atoms. The predicted molar refractivity (Wildman–Crippen MR) is 72.3 cm³/mol. The fraction of sp³-hybridized carbons (Fsp3) is 0.500. The zero-order valence-corrected chi connectivity index (χ0v) is 11.7. The first-order valence-electron chi connectivity index (χ1n) is 6.19. The molecule has 0 unspecified atom stereocenters. The first kappa shape index (κ1) is 15.3. The van der Waals surface area contributed by atoms with Gasteiger partial charge in [0.1, 0.15) is 0 Å². The Kier molecular flexibility index (Phi) is 6.15. The monoisotopic (exact) mass is 267 g/mol. The van der Waals surface area contributed by atoms with E-state index in [1.807, 2.05) is 0 Å². The summed E-state index contributed by atoms with van der Waals surface area (Å²) in [6.45, 7) is 0.419. The Morgan fingerprint density at radius 2 is 2.05 bits per heavy atom. The molecular weight excluding hydrogens is 246 g/mol. The zero-order chi connectivity index (χ0) is 14.3. The predicted octanol–water partition coefficient (Wildman–Crippen LogP) is 1.43. The highest BCUT2D eigenvalue weighted by Gasteiger charge is 2.07. The van der Waals surface area contributed by atoms with Gasteiger partial charge < -0.3 is 19.5 Å². The van der Waals surface area contributed by atoms with E-state index in [2.05, 4.69) is 0 Å². The van der Waals surface area contributed by atoms with Crippen LogP contribution in [0.2, 0.25) is 0 Å². The number of ether oxygens (including phenoxy) is 2. The van der Waals surface area contributed by atoms with Crippen LogP contribution in [0.3, 0.4) is 0 Å². The van der Waals surface area contributed by atoms with Crippen LogP contribution in [0.15, 0.2) is 18.2 Å². The molecule has 0 aliphatic rings. The van der Waals surface area contributed by atoms with Crippen LogP contribution in [0.25, 0.3) is 0 Å². The van der Waals surface area contributed by atoms with E-state index in [9.17, 15) is 4.79 Å². The Labute approximate surface area is 113 Å². The molecule has 0 saturated carbocycles. The van der Waals surface area contributed by atoms with Crippen molar-refractivity contribution in [3.63, 3.8) is 0 Å². The Morgan fingerprint density at radius 1 is 1.32 bits per heavy atom. The minimum Gasteiger partial charge on any atom is -0.493 e. The summed E-state index contributed by atoms with van der Waals surface area (Å²) in [4.78, 5) is 12.9. The van der Waals surface area contributed by atoms with Gasteiger partial charge in [0.25, 0.3) is 0 Å². The second-order valence-electron chi connectivity index (χ2n) is 4.38. The number of carbonyl (C=O) groups is 1. The molecule has 0 aromatic heterocycles. The number of hydrogen-bond acceptors (Lipinski definition) is 4. The van der Waals surface area contributed by atoms with E-state index in [0.29, 0.717) is 30.9 Å². The molecule has 0 fully saturated rings. The number of rotatable bonds is 7. The number of methoxy groups -OCH3 is 1. The molecule has 5 heteroatoms. The topological polar surface area (TPSA) is 59.0 Å². The molecule has 0 spiro atoms. The molecule has 1 rings (SSSR count). The Balaban J connectivity index is 2.47. The van der Waals surface area contributed by atoms with E-state index >= 15 is 0 Å². The van der Waals surface area contributed by atoms with Gasteiger partial charge in [-0.1, -0.05) is 6.07 Å². The SMILES string of the molecule is COc1cc(CO)ccc1OCCCC(=O)N(C)C. The third-order valence-corrected chi connectivity index (χ3v) is 2.70. The van der Waals surface area contributed by atoms with Crippen molar-refractivity contribution < 1.29 is 19.4 Å². The maximum Gasteiger partial charge on any atom is 0.222 e. The number of aliphatic hydroxyl groups excluding tert-OH is 1. The number of benzene rings is 1. The standard InChI is InChI=1S/C14H21NO4/c1-15(2)14(17)5-4-8-19-12-7-6-11(10-16)9-13(12)18-3/h6-7,9,16H,4-5,8,10H2,1-3H3. The molecule has 1 aromatic carbocycles. The fourth-order valence-electron chi connectivity index (χ4n) is 1.56. The van der Waals surface area contributed by atoms with E-state index in [-0.39, 0.29) is 12.5 Å². The lowest BCUT2D eigenvalue weighted by Gasteiger charge is -2.13. The molecule has 0 bridgehead atoms. The van der Waals surface area contributed by atoms with Gasteiger partial charge in [0, 0.05) is 20.5 Å². The number of nitrogens with zero attached hydrogens (tertiary/aromatic N) is 1. The Bertz CT molecular complexity index is 418. The number of hydrogen-bond donors (Lipinski definition) is 1. The van der Waals surface area contributed by atoms with Gasteiger partial charge in [-0.15, -0.1) is 0 Å². The lowest BCUT2D eigenvalue weighted by molar-refractivity contribution is -0.128. The highest BCUT2D eigenvalue weighted by Crippen LogP contribution is 2.28. The van der Waals surface area contributed by atoms with E-state index in [0.717, 1.165) is 5.56 Å². The lowest BCUT2D eigenvalue weighted by Crippen LogP contribution is -2.21. The Hall–Kier alpha value is -1.75. The van der Waals surface area contributed by atoms with Crippen LogP contribution in [0, 0.1) is 0 Å². The maximum atomic E-state index is 11.4. The fourth-order valence-corrected chi connectivity index (χ4v) is 1.56. The summed E-state index contributed by atoms with van der Waals surface area (Å²) in [7, 11) is 5.03. The van der Waals surface area contributed by atoms with Crippen molar-refractivity contribution in [3.8, 4) is 11.5 Å². The molecule has 0 radical (unpaired) electrons. The van der Waals surface area contributed by atoms with Gasteiger partial charge in [-0.3, -0.25) is 4.79 Å². The molecule has 1 amide bonds. The summed E-state index contributed by atoms with van der Waals surface area (Å²) < 4.78 is 10.8. The Morgan fingerprint density at radius 3 is 2.63 bits per heavy atom. The van der Waals surface area contributed by atoms with Crippen LogP contribution in [0.4, 0.5) is 0 Å². The molecule has 5 nitrogen and oxygen atoms in total. The molecule has 106 valence electrons. The molecule has 0 atom stereocenters. The van der Waals surface area contributed by atoms with E-state index in [4.69, 9.17) is 14.6 Å². The third kappa shape index (κ3) is 4.79. The summed E-state index contributed by atoms with van der Waals surface area (Å²) in [6.07, 6.45) is 1.12. The summed E-state index contributed by atoms with van der Waals surface area (Å²) >= 11 is 0. The minimum absolute atomic E-state index is 0.0338. The highest BCUT2D eigenvalue weighted by molar-refractivity contribution is 5.75. The summed E-state index contributed by atoms with van der Waals surface area (Å²) in [5.74, 6) is 1.30. The highest BCUT2D eigenvalue weighted by atomic mass is 16.5. The summed E-state index contributed by atoms with van der Waals surface area (Å²) in [5.41, 5.74) is 0.770. The van der Waals surface area contributed by atoms with Crippen molar-refractivity contribution >= 4 is 5.91 Å². The molecule has 0 aliphatic heterocycles. The molecule has 1 aromatic rings. The first-order chi connectivity index (χ1) is 9.08. The van der Waals surface area contributed by atoms with Gasteiger partial charge in [0.05, 0.1) is 20.3 Å². The molecule has 0 aliphatic carbocycles. The quantitative estimate of drug-likeness (QED) is 0.759. The van der Waals surface area contributed by atoms with Crippen LogP contribution in [-0.4, -0.2) is 43.7 Å². The maximum absolute atomic E-state index is 11.4. The second kappa shape index (κ2) is 7.63. The molecular formula is C14H21NO4. The molecule has 0 heterocycles. The van der Waals surface area contributed by atoms with Crippen LogP contribution in [0.5, 0.6) is 11.5 Å². The van der Waals surface area contributed by atoms with Crippen molar-refractivity contribution in [2.75, 3.05) is 27.8 Å². The summed E-state index contributed by atoms with van der Waals surface area (Å²) in [6, 6.07) is 5.28. The van der Waals surface area contributed by atoms with Gasteiger partial charge in [0.15, 0.2) is 11.5 Å². The van der Waals surface area contributed by atoms with Gasteiger partial charge in [0.2, 0.25) is 5.91 Å². The third-order valence-electron chi connectivity index (χ3n) is 2.70. The molecule has 0 saturated heterocycles.